The van der Waals surface area contributed by atoms with E-state index in [9.17, 15) is 0 Å². The van der Waals surface area contributed by atoms with Crippen molar-refractivity contribution in [2.45, 2.75) is 44.8 Å². The van der Waals surface area contributed by atoms with Gasteiger partial charge in [-0.15, -0.1) is 0 Å². The zero-order valence-electron chi connectivity index (χ0n) is 12.9. The smallest absolute Gasteiger partial charge is 0.0601 e. The van der Waals surface area contributed by atoms with Crippen LogP contribution in [0, 0.1) is 23.2 Å². The molecule has 0 N–H and O–H groups in total. The monoisotopic (exact) mass is 279 g/mol. The molecule has 2 fully saturated rings. The largest absolute Gasteiger partial charge is 0.292 e. The number of piperidine rings is 1. The first kappa shape index (κ1) is 15.0. The third-order valence-corrected chi connectivity index (χ3v) is 6.68. The molecule has 0 aromatic heterocycles. The van der Waals surface area contributed by atoms with Gasteiger partial charge in [-0.05, 0) is 55.7 Å². The molecule has 1 aliphatic heterocycles. The lowest BCUT2D eigenvalue weighted by Crippen LogP contribution is -2.49. The maximum absolute atomic E-state index is 4.29. The van der Waals surface area contributed by atoms with E-state index >= 15 is 0 Å². The molecule has 0 bridgehead atoms. The molecule has 1 aliphatic carbocycles. The van der Waals surface area contributed by atoms with Crippen molar-refractivity contribution in [1.29, 1.82) is 0 Å². The molecule has 0 atom stereocenters. The van der Waals surface area contributed by atoms with Crippen LogP contribution >= 0.6 is 9.21 Å². The molecule has 0 radical (unpaired) electrons. The standard InChI is InChI=1S/C17H29NS/c1-15(2)7-6-10-18-11-8-17(9-12-18)13-16(14-17)19(3,4)5/h15-16H,3-4,8-14H2,1-2,5H3. The van der Waals surface area contributed by atoms with Crippen LogP contribution in [0.2, 0.25) is 0 Å². The van der Waals surface area contributed by atoms with E-state index in [1.54, 1.807) is 0 Å². The Bertz CT molecular complexity index is 459. The van der Waals surface area contributed by atoms with E-state index < -0.39 is 9.21 Å². The molecule has 0 aromatic carbocycles. The highest BCUT2D eigenvalue weighted by Gasteiger charge is 2.46. The van der Waals surface area contributed by atoms with Gasteiger partial charge in [0.1, 0.15) is 0 Å². The molecule has 108 valence electrons. The van der Waals surface area contributed by atoms with Crippen LogP contribution in [0.5, 0.6) is 0 Å². The minimum atomic E-state index is -0.815. The average Bonchev–Trinajstić information content (AvgIpc) is 2.25. The van der Waals surface area contributed by atoms with E-state index in [4.69, 9.17) is 0 Å². The Morgan fingerprint density at radius 3 is 2.32 bits per heavy atom. The Hall–Kier alpha value is -0.390. The van der Waals surface area contributed by atoms with Crippen molar-refractivity contribution in [2.75, 3.05) is 25.9 Å². The van der Waals surface area contributed by atoms with Gasteiger partial charge < -0.3 is 0 Å². The second-order valence-electron chi connectivity index (χ2n) is 7.13. The van der Waals surface area contributed by atoms with Crippen LogP contribution in [-0.4, -0.2) is 47.8 Å². The van der Waals surface area contributed by atoms with Crippen molar-refractivity contribution >= 4 is 20.9 Å². The first-order valence-corrected chi connectivity index (χ1v) is 9.89. The minimum Gasteiger partial charge on any atom is -0.292 e. The van der Waals surface area contributed by atoms with Gasteiger partial charge in [-0.1, -0.05) is 37.4 Å². The third-order valence-electron chi connectivity index (χ3n) is 4.74. The summed E-state index contributed by atoms with van der Waals surface area (Å²) >= 11 is 0. The van der Waals surface area contributed by atoms with Crippen molar-refractivity contribution in [1.82, 2.24) is 4.90 Å². The molecule has 1 saturated carbocycles. The van der Waals surface area contributed by atoms with Crippen molar-refractivity contribution in [3.8, 4) is 11.8 Å². The van der Waals surface area contributed by atoms with Crippen LogP contribution in [0.15, 0.2) is 0 Å². The highest BCUT2D eigenvalue weighted by Crippen LogP contribution is 2.55. The molecule has 1 nitrogen and oxygen atoms in total. The van der Waals surface area contributed by atoms with E-state index in [1.165, 1.54) is 38.8 Å². The molecule has 1 spiro atoms. The molecule has 2 heteroatoms. The summed E-state index contributed by atoms with van der Waals surface area (Å²) in [7, 11) is -0.815. The van der Waals surface area contributed by atoms with Crippen molar-refractivity contribution < 1.29 is 0 Å². The van der Waals surface area contributed by atoms with Crippen molar-refractivity contribution in [2.24, 2.45) is 11.3 Å². The fourth-order valence-electron chi connectivity index (χ4n) is 3.26. The molecular weight excluding hydrogens is 250 g/mol. The van der Waals surface area contributed by atoms with Gasteiger partial charge in [-0.3, -0.25) is 4.90 Å². The van der Waals surface area contributed by atoms with E-state index in [0.29, 0.717) is 11.3 Å². The summed E-state index contributed by atoms with van der Waals surface area (Å²) < 4.78 is 0. The van der Waals surface area contributed by atoms with Crippen LogP contribution in [-0.2, 0) is 0 Å². The summed E-state index contributed by atoms with van der Waals surface area (Å²) in [5, 5.41) is 0.819. The molecule has 0 unspecified atom stereocenters. The summed E-state index contributed by atoms with van der Waals surface area (Å²) in [4.78, 5) is 2.52. The lowest BCUT2D eigenvalue weighted by atomic mass is 9.63. The minimum absolute atomic E-state index is 0.498. The number of hydrogen-bond acceptors (Lipinski definition) is 1. The molecule has 2 aliphatic rings. The fourth-order valence-corrected chi connectivity index (χ4v) is 4.78. The van der Waals surface area contributed by atoms with Crippen LogP contribution in [0.1, 0.15) is 39.5 Å². The zero-order chi connectivity index (χ0) is 14.1. The van der Waals surface area contributed by atoms with E-state index in [2.05, 4.69) is 48.6 Å². The Morgan fingerprint density at radius 1 is 1.26 bits per heavy atom. The topological polar surface area (TPSA) is 3.24 Å². The predicted octanol–water partition coefficient (Wildman–Crippen LogP) is 3.19. The van der Waals surface area contributed by atoms with Gasteiger partial charge in [0, 0.05) is 5.92 Å². The Kier molecular flexibility index (Phi) is 4.38. The zero-order valence-corrected chi connectivity index (χ0v) is 13.7. The van der Waals surface area contributed by atoms with E-state index in [-0.39, 0.29) is 0 Å². The first-order chi connectivity index (χ1) is 8.81. The molecular formula is C17H29NS. The van der Waals surface area contributed by atoms with Gasteiger partial charge in [0.05, 0.1) is 6.54 Å². The number of nitrogens with zero attached hydrogens (tertiary/aromatic N) is 1. The Morgan fingerprint density at radius 2 is 1.84 bits per heavy atom. The number of likely N-dealkylation sites (tertiary alicyclic amines) is 1. The van der Waals surface area contributed by atoms with Crippen LogP contribution in [0.3, 0.4) is 0 Å². The summed E-state index contributed by atoms with van der Waals surface area (Å²) in [5.41, 5.74) is 0.649. The lowest BCUT2D eigenvalue weighted by Gasteiger charge is -2.54. The van der Waals surface area contributed by atoms with Crippen molar-refractivity contribution in [3.63, 3.8) is 0 Å². The molecule has 0 aromatic rings. The van der Waals surface area contributed by atoms with Gasteiger partial charge in [0.15, 0.2) is 0 Å². The SMILES string of the molecule is C=S(=C)(C)C1CC2(CCN(CC#CC(C)C)CC2)C1. The van der Waals surface area contributed by atoms with Crippen LogP contribution < -0.4 is 0 Å². The number of hydrogen-bond donors (Lipinski definition) is 0. The molecule has 2 rings (SSSR count). The molecule has 1 heterocycles. The normalized spacial score (nSPS) is 24.0. The fraction of sp³-hybridized carbons (Fsp3) is 0.765. The first-order valence-electron chi connectivity index (χ1n) is 7.45. The third kappa shape index (κ3) is 3.80. The van der Waals surface area contributed by atoms with E-state index in [1.807, 2.05) is 0 Å². The van der Waals surface area contributed by atoms with Gasteiger partial charge in [0.25, 0.3) is 0 Å². The van der Waals surface area contributed by atoms with E-state index in [0.717, 1.165) is 11.8 Å². The second kappa shape index (κ2) is 5.54. The van der Waals surface area contributed by atoms with Crippen LogP contribution in [0.25, 0.3) is 0 Å². The Labute approximate surface area is 120 Å². The second-order valence-corrected chi connectivity index (χ2v) is 10.5. The summed E-state index contributed by atoms with van der Waals surface area (Å²) in [6, 6.07) is 0. The summed E-state index contributed by atoms with van der Waals surface area (Å²) in [6.45, 7) is 7.75. The highest BCUT2D eigenvalue weighted by atomic mass is 32.2. The van der Waals surface area contributed by atoms with Gasteiger partial charge in [-0.2, -0.15) is 0 Å². The van der Waals surface area contributed by atoms with Gasteiger partial charge in [0.2, 0.25) is 0 Å². The quantitative estimate of drug-likeness (QED) is 0.554. The molecule has 19 heavy (non-hydrogen) atoms. The van der Waals surface area contributed by atoms with Crippen LogP contribution in [0.4, 0.5) is 0 Å². The highest BCUT2D eigenvalue weighted by molar-refractivity contribution is 8.27. The summed E-state index contributed by atoms with van der Waals surface area (Å²) in [5.74, 6) is 15.6. The maximum atomic E-state index is 4.29. The van der Waals surface area contributed by atoms with Crippen molar-refractivity contribution in [3.05, 3.63) is 0 Å². The number of rotatable bonds is 2. The summed E-state index contributed by atoms with van der Waals surface area (Å²) in [6.07, 6.45) is 7.76. The molecule has 0 amide bonds. The maximum Gasteiger partial charge on any atom is 0.0601 e. The molecule has 1 saturated heterocycles. The predicted molar refractivity (Wildman–Crippen MR) is 91.5 cm³/mol. The lowest BCUT2D eigenvalue weighted by molar-refractivity contribution is 0.0441. The average molecular weight is 279 g/mol. The Balaban J connectivity index is 1.77. The van der Waals surface area contributed by atoms with Gasteiger partial charge >= 0.3 is 0 Å². The van der Waals surface area contributed by atoms with Gasteiger partial charge in [-0.25, -0.2) is 9.21 Å².